The predicted octanol–water partition coefficient (Wildman–Crippen LogP) is 3.14. The molecule has 3 heterocycles. The molecule has 0 radical (unpaired) electrons. The zero-order valence-corrected chi connectivity index (χ0v) is 19.4. The molecule has 35 heavy (non-hydrogen) atoms. The number of esters is 1. The van der Waals surface area contributed by atoms with Gasteiger partial charge in [-0.25, -0.2) is 23.0 Å². The van der Waals surface area contributed by atoms with Gasteiger partial charge in [0.2, 0.25) is 0 Å². The Hall–Kier alpha value is -4.45. The minimum Gasteiger partial charge on any atom is -0.462 e. The van der Waals surface area contributed by atoms with Gasteiger partial charge in [0.25, 0.3) is 10.0 Å². The SMILES string of the molecule is CCOC(=O)c1cnn(-c2cc(C)c3ccccc3n2)c1NS(=O)(=O)c1ccc2[nH]c(=O)oc2c1. The quantitative estimate of drug-likeness (QED) is 0.343. The molecule has 0 fully saturated rings. The van der Waals surface area contributed by atoms with Crippen LogP contribution >= 0.6 is 0 Å². The smallest absolute Gasteiger partial charge is 0.417 e. The largest absolute Gasteiger partial charge is 0.462 e. The highest BCUT2D eigenvalue weighted by Crippen LogP contribution is 2.27. The van der Waals surface area contributed by atoms with Crippen LogP contribution in [0, 0.1) is 6.92 Å². The van der Waals surface area contributed by atoms with E-state index in [-0.39, 0.29) is 28.5 Å². The second-order valence-corrected chi connectivity index (χ2v) is 9.31. The Balaban J connectivity index is 1.64. The molecule has 0 aliphatic carbocycles. The number of sulfonamides is 1. The zero-order valence-electron chi connectivity index (χ0n) is 18.6. The van der Waals surface area contributed by atoms with Crippen molar-refractivity contribution in [2.45, 2.75) is 18.7 Å². The van der Waals surface area contributed by atoms with Gasteiger partial charge in [0.05, 0.1) is 28.7 Å². The number of para-hydroxylation sites is 1. The molecule has 0 bridgehead atoms. The summed E-state index contributed by atoms with van der Waals surface area (Å²) in [5.74, 6) is -1.29. The molecule has 2 N–H and O–H groups in total. The Morgan fingerprint density at radius 1 is 1.20 bits per heavy atom. The average Bonchev–Trinajstić information content (AvgIpc) is 3.40. The van der Waals surface area contributed by atoms with E-state index in [1.165, 1.54) is 29.1 Å². The molecule has 0 amide bonds. The van der Waals surface area contributed by atoms with Gasteiger partial charge in [-0.1, -0.05) is 18.2 Å². The molecule has 0 atom stereocenters. The molecule has 0 aliphatic heterocycles. The summed E-state index contributed by atoms with van der Waals surface area (Å²) in [6.45, 7) is 3.62. The molecule has 5 rings (SSSR count). The van der Waals surface area contributed by atoms with Gasteiger partial charge in [-0.15, -0.1) is 0 Å². The van der Waals surface area contributed by atoms with Crippen molar-refractivity contribution < 1.29 is 22.4 Å². The number of ether oxygens (including phenoxy) is 1. The van der Waals surface area contributed by atoms with Crippen LogP contribution in [-0.4, -0.2) is 40.7 Å². The fourth-order valence-electron chi connectivity index (χ4n) is 3.70. The lowest BCUT2D eigenvalue weighted by molar-refractivity contribution is 0.0527. The van der Waals surface area contributed by atoms with Gasteiger partial charge < -0.3 is 9.15 Å². The Labute approximate surface area is 198 Å². The number of carbonyl (C=O) groups is 1. The molecule has 0 unspecified atom stereocenters. The lowest BCUT2D eigenvalue weighted by Gasteiger charge is -2.13. The van der Waals surface area contributed by atoms with Crippen LogP contribution in [0.25, 0.3) is 27.8 Å². The van der Waals surface area contributed by atoms with Crippen molar-refractivity contribution in [3.05, 3.63) is 76.4 Å². The van der Waals surface area contributed by atoms with E-state index in [4.69, 9.17) is 9.15 Å². The molecular weight excluding hydrogens is 474 g/mol. The van der Waals surface area contributed by atoms with E-state index in [9.17, 15) is 18.0 Å². The van der Waals surface area contributed by atoms with Gasteiger partial charge in [0, 0.05) is 11.5 Å². The van der Waals surface area contributed by atoms with E-state index in [1.807, 2.05) is 31.2 Å². The van der Waals surface area contributed by atoms with Crippen molar-refractivity contribution >= 4 is 43.8 Å². The van der Waals surface area contributed by atoms with Crippen LogP contribution in [0.1, 0.15) is 22.8 Å². The van der Waals surface area contributed by atoms with Crippen molar-refractivity contribution in [2.24, 2.45) is 0 Å². The van der Waals surface area contributed by atoms with E-state index in [2.05, 4.69) is 19.8 Å². The molecule has 5 aromatic rings. The minimum absolute atomic E-state index is 0.0730. The number of nitrogens with one attached hydrogen (secondary N) is 2. The number of nitrogens with zero attached hydrogens (tertiary/aromatic N) is 3. The number of rotatable bonds is 6. The Morgan fingerprint density at radius 3 is 2.80 bits per heavy atom. The van der Waals surface area contributed by atoms with Crippen molar-refractivity contribution in [1.82, 2.24) is 19.7 Å². The number of hydrogen-bond acceptors (Lipinski definition) is 8. The summed E-state index contributed by atoms with van der Waals surface area (Å²) in [6, 6.07) is 13.1. The molecule has 0 spiro atoms. The summed E-state index contributed by atoms with van der Waals surface area (Å²) in [4.78, 5) is 30.9. The molecular formula is C23H19N5O6S. The first-order valence-electron chi connectivity index (χ1n) is 10.5. The van der Waals surface area contributed by atoms with Crippen molar-refractivity contribution in [3.63, 3.8) is 0 Å². The maximum Gasteiger partial charge on any atom is 0.417 e. The molecule has 0 saturated heterocycles. The number of anilines is 1. The molecule has 12 heteroatoms. The Kier molecular flexibility index (Phi) is 5.36. The normalized spacial score (nSPS) is 11.7. The van der Waals surface area contributed by atoms with Crippen molar-refractivity contribution in [2.75, 3.05) is 11.3 Å². The summed E-state index contributed by atoms with van der Waals surface area (Å²) >= 11 is 0. The minimum atomic E-state index is -4.24. The van der Waals surface area contributed by atoms with Crippen LogP contribution in [0.4, 0.5) is 5.82 Å². The Bertz CT molecular complexity index is 1770. The van der Waals surface area contributed by atoms with Gasteiger partial charge in [0.15, 0.2) is 17.2 Å². The van der Waals surface area contributed by atoms with Gasteiger partial charge >= 0.3 is 11.7 Å². The van der Waals surface area contributed by atoms with Gasteiger partial charge in [-0.2, -0.15) is 9.78 Å². The third-order valence-electron chi connectivity index (χ3n) is 5.32. The van der Waals surface area contributed by atoms with Gasteiger partial charge in [-0.3, -0.25) is 9.71 Å². The number of fused-ring (bicyclic) bond motifs is 2. The number of H-pyrrole nitrogens is 1. The van der Waals surface area contributed by atoms with Crippen LogP contribution in [0.15, 0.2) is 68.8 Å². The zero-order chi connectivity index (χ0) is 24.7. The molecule has 178 valence electrons. The summed E-state index contributed by atoms with van der Waals surface area (Å²) in [6.07, 6.45) is 1.22. The highest BCUT2D eigenvalue weighted by atomic mass is 32.2. The first-order chi connectivity index (χ1) is 16.8. The second kappa shape index (κ2) is 8.40. The lowest BCUT2D eigenvalue weighted by atomic mass is 10.1. The molecule has 0 saturated carbocycles. The summed E-state index contributed by atoms with van der Waals surface area (Å²) in [5.41, 5.74) is 1.90. The van der Waals surface area contributed by atoms with Crippen LogP contribution in [0.5, 0.6) is 0 Å². The van der Waals surface area contributed by atoms with Crippen LogP contribution < -0.4 is 10.5 Å². The number of carbonyl (C=O) groups excluding carboxylic acids is 1. The number of hydrogen-bond donors (Lipinski definition) is 2. The summed E-state index contributed by atoms with van der Waals surface area (Å²) in [7, 11) is -4.24. The van der Waals surface area contributed by atoms with Crippen molar-refractivity contribution in [1.29, 1.82) is 0 Å². The van der Waals surface area contributed by atoms with E-state index in [1.54, 1.807) is 13.0 Å². The number of oxazole rings is 1. The maximum atomic E-state index is 13.3. The average molecular weight is 494 g/mol. The fraction of sp³-hybridized carbons (Fsp3) is 0.130. The predicted molar refractivity (Wildman–Crippen MR) is 127 cm³/mol. The number of pyridine rings is 1. The van der Waals surface area contributed by atoms with Crippen LogP contribution in [-0.2, 0) is 14.8 Å². The topological polar surface area (TPSA) is 149 Å². The van der Waals surface area contributed by atoms with E-state index in [0.717, 1.165) is 10.9 Å². The fourth-order valence-corrected chi connectivity index (χ4v) is 4.78. The van der Waals surface area contributed by atoms with Crippen LogP contribution in [0.2, 0.25) is 0 Å². The van der Waals surface area contributed by atoms with Crippen LogP contribution in [0.3, 0.4) is 0 Å². The Morgan fingerprint density at radius 2 is 2.00 bits per heavy atom. The summed E-state index contributed by atoms with van der Waals surface area (Å²) in [5, 5.41) is 5.16. The molecule has 0 aliphatic rings. The second-order valence-electron chi connectivity index (χ2n) is 7.63. The first-order valence-corrected chi connectivity index (χ1v) is 12.0. The number of aromatic amines is 1. The number of benzene rings is 2. The standard InChI is InChI=1S/C23H19N5O6S/c1-3-33-22(29)16-12-24-28(20-10-13(2)15-6-4-5-7-17(15)25-20)21(16)27-35(31,32)14-8-9-18-19(11-14)34-23(30)26-18/h4-12,27H,3H2,1-2H3,(H,26,30). The highest BCUT2D eigenvalue weighted by molar-refractivity contribution is 7.92. The first kappa shape index (κ1) is 22.3. The van der Waals surface area contributed by atoms with E-state index >= 15 is 0 Å². The molecule has 11 nitrogen and oxygen atoms in total. The molecule has 2 aromatic carbocycles. The van der Waals surface area contributed by atoms with Crippen molar-refractivity contribution in [3.8, 4) is 5.82 Å². The van der Waals surface area contributed by atoms with Gasteiger partial charge in [-0.05, 0) is 43.7 Å². The number of aryl methyl sites for hydroxylation is 1. The third kappa shape index (κ3) is 4.04. The number of aromatic nitrogens is 4. The van der Waals surface area contributed by atoms with E-state index in [0.29, 0.717) is 16.9 Å². The maximum absolute atomic E-state index is 13.3. The van der Waals surface area contributed by atoms with E-state index < -0.39 is 21.7 Å². The third-order valence-corrected chi connectivity index (χ3v) is 6.66. The summed E-state index contributed by atoms with van der Waals surface area (Å²) < 4.78 is 40.3. The lowest BCUT2D eigenvalue weighted by Crippen LogP contribution is -2.19. The monoisotopic (exact) mass is 493 g/mol. The van der Waals surface area contributed by atoms with Gasteiger partial charge in [0.1, 0.15) is 5.56 Å². The molecule has 3 aromatic heterocycles. The highest BCUT2D eigenvalue weighted by Gasteiger charge is 2.26.